The third-order valence-corrected chi connectivity index (χ3v) is 11.6. The molecule has 0 aliphatic heterocycles. The first-order valence-corrected chi connectivity index (χ1v) is 15.0. The van der Waals surface area contributed by atoms with Crippen LogP contribution in [-0.4, -0.2) is 34.9 Å². The van der Waals surface area contributed by atoms with Gasteiger partial charge in [0.05, 0.1) is 5.60 Å². The van der Waals surface area contributed by atoms with Gasteiger partial charge < -0.3 is 14.6 Å². The molecule has 1 N–H and O–H groups in total. The topological polar surface area (TPSA) is 72.8 Å². The highest BCUT2D eigenvalue weighted by Gasteiger charge is 2.62. The zero-order valence-electron chi connectivity index (χ0n) is 24.6. The van der Waals surface area contributed by atoms with E-state index in [0.717, 1.165) is 57.8 Å². The van der Waals surface area contributed by atoms with Crippen molar-refractivity contribution in [2.24, 2.45) is 46.3 Å². The Morgan fingerprint density at radius 1 is 1.05 bits per heavy atom. The molecule has 0 amide bonds. The molecule has 4 rings (SSSR count). The zero-order chi connectivity index (χ0) is 27.3. The Hall–Kier alpha value is -1.36. The Bertz CT molecular complexity index is 905. The average molecular weight is 517 g/mol. The van der Waals surface area contributed by atoms with E-state index in [1.807, 2.05) is 0 Å². The molecule has 4 aliphatic rings. The van der Waals surface area contributed by atoms with Crippen molar-refractivity contribution in [2.45, 2.75) is 131 Å². The average Bonchev–Trinajstić information content (AvgIpc) is 3.16. The summed E-state index contributed by atoms with van der Waals surface area (Å²) in [6.07, 6.45) is 10.8. The molecule has 0 spiro atoms. The number of hydrogen-bond acceptors (Lipinski definition) is 5. The zero-order valence-corrected chi connectivity index (χ0v) is 24.6. The molecule has 0 heterocycles. The van der Waals surface area contributed by atoms with Crippen molar-refractivity contribution in [3.63, 3.8) is 0 Å². The third-order valence-electron chi connectivity index (χ3n) is 11.6. The second kappa shape index (κ2) is 10.3. The summed E-state index contributed by atoms with van der Waals surface area (Å²) in [5, 5.41) is 11.8. The van der Waals surface area contributed by atoms with Gasteiger partial charge in [0.25, 0.3) is 0 Å². The minimum Gasteiger partial charge on any atom is -0.463 e. The van der Waals surface area contributed by atoms with Gasteiger partial charge in [-0.05, 0) is 105 Å². The van der Waals surface area contributed by atoms with Gasteiger partial charge in [0.15, 0.2) is 0 Å². The van der Waals surface area contributed by atoms with Crippen LogP contribution >= 0.6 is 0 Å². The van der Waals surface area contributed by atoms with Crippen LogP contribution in [0.25, 0.3) is 0 Å². The lowest BCUT2D eigenvalue weighted by molar-refractivity contribution is -0.168. The number of carbonyl (C=O) groups is 2. The highest BCUT2D eigenvalue weighted by Crippen LogP contribution is 2.67. The molecule has 3 saturated carbocycles. The quantitative estimate of drug-likeness (QED) is 0.295. The van der Waals surface area contributed by atoms with Crippen LogP contribution in [0.15, 0.2) is 11.6 Å². The van der Waals surface area contributed by atoms with Gasteiger partial charge in [0.1, 0.15) is 12.2 Å². The molecule has 10 atom stereocenters. The number of rotatable bonds is 7. The number of allylic oxidation sites excluding steroid dienone is 2. The van der Waals surface area contributed by atoms with E-state index in [2.05, 4.69) is 47.6 Å². The second-order valence-electron chi connectivity index (χ2n) is 14.2. The van der Waals surface area contributed by atoms with Crippen LogP contribution in [-0.2, 0) is 19.1 Å². The van der Waals surface area contributed by atoms with Gasteiger partial charge in [-0.1, -0.05) is 46.3 Å². The second-order valence-corrected chi connectivity index (χ2v) is 14.2. The van der Waals surface area contributed by atoms with Crippen molar-refractivity contribution in [3.8, 4) is 0 Å². The van der Waals surface area contributed by atoms with Gasteiger partial charge in [-0.25, -0.2) is 0 Å². The minimum absolute atomic E-state index is 0.0473. The van der Waals surface area contributed by atoms with Crippen LogP contribution in [0.4, 0.5) is 0 Å². The van der Waals surface area contributed by atoms with Crippen molar-refractivity contribution in [3.05, 3.63) is 11.6 Å². The molecule has 0 radical (unpaired) electrons. The fourth-order valence-corrected chi connectivity index (χ4v) is 9.24. The van der Waals surface area contributed by atoms with Gasteiger partial charge in [0.2, 0.25) is 0 Å². The minimum atomic E-state index is -0.670. The predicted molar refractivity (Wildman–Crippen MR) is 146 cm³/mol. The summed E-state index contributed by atoms with van der Waals surface area (Å²) in [7, 11) is 0. The maximum Gasteiger partial charge on any atom is 0.302 e. The number of hydrogen-bond donors (Lipinski definition) is 1. The number of esters is 2. The van der Waals surface area contributed by atoms with E-state index in [1.54, 1.807) is 5.57 Å². The lowest BCUT2D eigenvalue weighted by Gasteiger charge is -2.59. The molecule has 3 unspecified atom stereocenters. The summed E-state index contributed by atoms with van der Waals surface area (Å²) in [6, 6.07) is 0. The smallest absolute Gasteiger partial charge is 0.302 e. The molecule has 4 aliphatic carbocycles. The molecular weight excluding hydrogens is 464 g/mol. The summed E-state index contributed by atoms with van der Waals surface area (Å²) in [4.78, 5) is 23.9. The van der Waals surface area contributed by atoms with Gasteiger partial charge >= 0.3 is 11.9 Å². The van der Waals surface area contributed by atoms with E-state index < -0.39 is 5.60 Å². The van der Waals surface area contributed by atoms with E-state index in [0.29, 0.717) is 23.7 Å². The molecule has 0 saturated heterocycles. The lowest BCUT2D eigenvalue weighted by Crippen LogP contribution is -2.55. The first kappa shape index (κ1) is 28.6. The van der Waals surface area contributed by atoms with Crippen molar-refractivity contribution in [1.29, 1.82) is 0 Å². The van der Waals surface area contributed by atoms with Crippen LogP contribution in [0, 0.1) is 46.3 Å². The van der Waals surface area contributed by atoms with Crippen molar-refractivity contribution in [2.75, 3.05) is 0 Å². The van der Waals surface area contributed by atoms with E-state index >= 15 is 0 Å². The van der Waals surface area contributed by atoms with E-state index in [9.17, 15) is 14.7 Å². The maximum absolute atomic E-state index is 12.2. The van der Waals surface area contributed by atoms with Crippen LogP contribution in [0.1, 0.15) is 113 Å². The summed E-state index contributed by atoms with van der Waals surface area (Å²) < 4.78 is 11.7. The Morgan fingerprint density at radius 2 is 1.73 bits per heavy atom. The molecule has 37 heavy (non-hydrogen) atoms. The van der Waals surface area contributed by atoms with Gasteiger partial charge in [0, 0.05) is 19.8 Å². The molecule has 5 nitrogen and oxygen atoms in total. The largest absolute Gasteiger partial charge is 0.463 e. The lowest BCUT2D eigenvalue weighted by atomic mass is 9.47. The Labute approximate surface area is 225 Å². The Morgan fingerprint density at radius 3 is 2.35 bits per heavy atom. The van der Waals surface area contributed by atoms with Crippen molar-refractivity contribution < 1.29 is 24.2 Å². The Balaban J connectivity index is 1.61. The van der Waals surface area contributed by atoms with Crippen molar-refractivity contribution >= 4 is 11.9 Å². The maximum atomic E-state index is 12.2. The Kier molecular flexibility index (Phi) is 7.99. The van der Waals surface area contributed by atoms with E-state index in [4.69, 9.17) is 9.47 Å². The van der Waals surface area contributed by atoms with Crippen LogP contribution in [0.5, 0.6) is 0 Å². The SMILES string of the molecule is CC(=O)OC1CC[C@]2(C)C3=CC[C@@]4(C)[C@@H](CC[C@@H]4[C@@](C)(O)CC[C@H](C)C(C)C)[C@@H]3CC(OC(C)=O)C2C1. The first-order chi connectivity index (χ1) is 17.2. The molecule has 0 aromatic rings. The number of ether oxygens (including phenoxy) is 2. The summed E-state index contributed by atoms with van der Waals surface area (Å²) >= 11 is 0. The predicted octanol–water partition coefficient (Wildman–Crippen LogP) is 6.86. The van der Waals surface area contributed by atoms with Crippen LogP contribution in [0.2, 0.25) is 0 Å². The standard InChI is InChI=1S/C32H52O5/c1-19(2)20(3)11-16-32(8,35)29-10-9-25-24-18-28(37-22(5)34)27-17-23(36-21(4)33)12-14-30(27,6)26(24)13-15-31(25,29)7/h13,19-20,23-25,27-29,35H,9-12,14-18H2,1-8H3/t20-,23?,24-,25-,27?,28?,29-,30+,31-,32-/m0/s1. The highest BCUT2D eigenvalue weighted by atomic mass is 16.5. The van der Waals surface area contributed by atoms with Gasteiger partial charge in [-0.15, -0.1) is 0 Å². The van der Waals surface area contributed by atoms with Crippen molar-refractivity contribution in [1.82, 2.24) is 0 Å². The molecule has 0 aromatic carbocycles. The summed E-state index contributed by atoms with van der Waals surface area (Å²) in [6.45, 7) is 16.7. The molecule has 210 valence electrons. The van der Waals surface area contributed by atoms with Crippen LogP contribution in [0.3, 0.4) is 0 Å². The van der Waals surface area contributed by atoms with E-state index in [1.165, 1.54) is 13.8 Å². The molecule has 5 heteroatoms. The van der Waals surface area contributed by atoms with Crippen LogP contribution < -0.4 is 0 Å². The third kappa shape index (κ3) is 5.28. The number of aliphatic hydroxyl groups is 1. The molecular formula is C32H52O5. The summed E-state index contributed by atoms with van der Waals surface area (Å²) in [5.74, 6) is 2.10. The fraction of sp³-hybridized carbons (Fsp3) is 0.875. The number of fused-ring (bicyclic) bond motifs is 5. The normalized spacial score (nSPS) is 41.5. The van der Waals surface area contributed by atoms with Gasteiger partial charge in [-0.3, -0.25) is 9.59 Å². The number of carbonyl (C=O) groups excluding carboxylic acids is 2. The summed E-state index contributed by atoms with van der Waals surface area (Å²) in [5.41, 5.74) is 0.890. The first-order valence-electron chi connectivity index (χ1n) is 15.0. The molecule has 0 bridgehead atoms. The molecule has 0 aromatic heterocycles. The highest BCUT2D eigenvalue weighted by molar-refractivity contribution is 5.66. The fourth-order valence-electron chi connectivity index (χ4n) is 9.24. The molecule has 3 fully saturated rings. The van der Waals surface area contributed by atoms with E-state index in [-0.39, 0.29) is 46.8 Å². The monoisotopic (exact) mass is 516 g/mol. The van der Waals surface area contributed by atoms with Gasteiger partial charge in [-0.2, -0.15) is 0 Å².